The topological polar surface area (TPSA) is 49.5 Å². The Kier molecular flexibility index (Phi) is 5.84. The van der Waals surface area contributed by atoms with E-state index in [2.05, 4.69) is 24.0 Å². The van der Waals surface area contributed by atoms with Gasteiger partial charge in [-0.1, -0.05) is 13.3 Å². The number of unbranched alkanes of at least 4 members (excludes halogenated alkanes) is 1. The standard InChI is InChI=1S/C14H24N2O/c1-3-4-8-16(9-5-10-17)13-6-7-14(15)12(2)11-13/h6-7,11,17H,3-5,8-10,15H2,1-2H3. The maximum Gasteiger partial charge on any atom is 0.0447 e. The Morgan fingerprint density at radius 3 is 2.53 bits per heavy atom. The van der Waals surface area contributed by atoms with E-state index in [-0.39, 0.29) is 6.61 Å². The largest absolute Gasteiger partial charge is 0.399 e. The van der Waals surface area contributed by atoms with E-state index in [9.17, 15) is 0 Å². The summed E-state index contributed by atoms with van der Waals surface area (Å²) >= 11 is 0. The van der Waals surface area contributed by atoms with Crippen LogP contribution in [-0.2, 0) is 0 Å². The maximum absolute atomic E-state index is 8.94. The van der Waals surface area contributed by atoms with Gasteiger partial charge in [0.2, 0.25) is 0 Å². The van der Waals surface area contributed by atoms with E-state index < -0.39 is 0 Å². The summed E-state index contributed by atoms with van der Waals surface area (Å²) in [6, 6.07) is 6.15. The van der Waals surface area contributed by atoms with Gasteiger partial charge in [-0.05, 0) is 43.5 Å². The smallest absolute Gasteiger partial charge is 0.0447 e. The van der Waals surface area contributed by atoms with Crippen LogP contribution in [0.1, 0.15) is 31.7 Å². The molecule has 0 amide bonds. The number of aliphatic hydroxyl groups is 1. The van der Waals surface area contributed by atoms with Gasteiger partial charge in [-0.3, -0.25) is 0 Å². The van der Waals surface area contributed by atoms with E-state index in [4.69, 9.17) is 10.8 Å². The first kappa shape index (κ1) is 13.8. The molecule has 1 aromatic rings. The predicted octanol–water partition coefficient (Wildman–Crippen LogP) is 2.57. The normalized spacial score (nSPS) is 10.5. The predicted molar refractivity (Wildman–Crippen MR) is 74.4 cm³/mol. The van der Waals surface area contributed by atoms with Gasteiger partial charge in [-0.2, -0.15) is 0 Å². The van der Waals surface area contributed by atoms with Gasteiger partial charge in [-0.15, -0.1) is 0 Å². The molecule has 0 aliphatic carbocycles. The van der Waals surface area contributed by atoms with Crippen molar-refractivity contribution in [3.63, 3.8) is 0 Å². The van der Waals surface area contributed by atoms with Crippen molar-refractivity contribution in [2.45, 2.75) is 33.1 Å². The molecule has 3 heteroatoms. The molecule has 1 aromatic carbocycles. The number of nitrogens with two attached hydrogens (primary N) is 1. The molecule has 0 aliphatic rings. The van der Waals surface area contributed by atoms with Crippen LogP contribution in [0.4, 0.5) is 11.4 Å². The van der Waals surface area contributed by atoms with Gasteiger partial charge in [0.1, 0.15) is 0 Å². The fraction of sp³-hybridized carbons (Fsp3) is 0.571. The first-order valence-electron chi connectivity index (χ1n) is 6.41. The Bertz CT molecular complexity index is 331. The van der Waals surface area contributed by atoms with Crippen LogP contribution in [0, 0.1) is 6.92 Å². The number of nitrogens with zero attached hydrogens (tertiary/aromatic N) is 1. The first-order chi connectivity index (χ1) is 8.19. The maximum atomic E-state index is 8.94. The van der Waals surface area contributed by atoms with Gasteiger partial charge in [0, 0.05) is 31.1 Å². The molecule has 0 heterocycles. The van der Waals surface area contributed by atoms with Gasteiger partial charge >= 0.3 is 0 Å². The number of benzene rings is 1. The summed E-state index contributed by atoms with van der Waals surface area (Å²) in [5.41, 5.74) is 9.00. The summed E-state index contributed by atoms with van der Waals surface area (Å²) in [6.45, 7) is 6.41. The second kappa shape index (κ2) is 7.17. The molecule has 96 valence electrons. The Labute approximate surface area is 104 Å². The third-order valence-corrected chi connectivity index (χ3v) is 2.99. The number of rotatable bonds is 7. The fourth-order valence-corrected chi connectivity index (χ4v) is 1.84. The van der Waals surface area contributed by atoms with Crippen LogP contribution in [-0.4, -0.2) is 24.8 Å². The Morgan fingerprint density at radius 2 is 1.94 bits per heavy atom. The molecular weight excluding hydrogens is 212 g/mol. The van der Waals surface area contributed by atoms with Crippen molar-refractivity contribution in [1.82, 2.24) is 0 Å². The molecule has 0 atom stereocenters. The van der Waals surface area contributed by atoms with Crippen LogP contribution < -0.4 is 10.6 Å². The lowest BCUT2D eigenvalue weighted by Crippen LogP contribution is -2.26. The molecule has 3 nitrogen and oxygen atoms in total. The average Bonchev–Trinajstić information content (AvgIpc) is 2.33. The van der Waals surface area contributed by atoms with E-state index in [1.54, 1.807) is 0 Å². The molecule has 0 aliphatic heterocycles. The van der Waals surface area contributed by atoms with Crippen molar-refractivity contribution in [2.75, 3.05) is 30.3 Å². The summed E-state index contributed by atoms with van der Waals surface area (Å²) in [7, 11) is 0. The molecule has 0 bridgehead atoms. The van der Waals surface area contributed by atoms with E-state index >= 15 is 0 Å². The molecule has 0 saturated carbocycles. The molecule has 0 radical (unpaired) electrons. The van der Waals surface area contributed by atoms with Gasteiger partial charge in [-0.25, -0.2) is 0 Å². The number of hydrogen-bond donors (Lipinski definition) is 2. The summed E-state index contributed by atoms with van der Waals surface area (Å²) in [6.07, 6.45) is 3.17. The molecule has 0 saturated heterocycles. The second-order valence-corrected chi connectivity index (χ2v) is 4.46. The van der Waals surface area contributed by atoms with Crippen LogP contribution in [0.3, 0.4) is 0 Å². The lowest BCUT2D eigenvalue weighted by Gasteiger charge is -2.25. The van der Waals surface area contributed by atoms with Gasteiger partial charge in [0.25, 0.3) is 0 Å². The highest BCUT2D eigenvalue weighted by Gasteiger charge is 2.06. The highest BCUT2D eigenvalue weighted by molar-refractivity contribution is 5.58. The quantitative estimate of drug-likeness (QED) is 0.715. The second-order valence-electron chi connectivity index (χ2n) is 4.46. The number of hydrogen-bond acceptors (Lipinski definition) is 3. The van der Waals surface area contributed by atoms with Crippen LogP contribution >= 0.6 is 0 Å². The number of aryl methyl sites for hydroxylation is 1. The van der Waals surface area contributed by atoms with E-state index in [1.165, 1.54) is 18.5 Å². The molecule has 0 aromatic heterocycles. The molecule has 17 heavy (non-hydrogen) atoms. The summed E-state index contributed by atoms with van der Waals surface area (Å²) in [4.78, 5) is 2.33. The van der Waals surface area contributed by atoms with Crippen molar-refractivity contribution >= 4 is 11.4 Å². The first-order valence-corrected chi connectivity index (χ1v) is 6.41. The monoisotopic (exact) mass is 236 g/mol. The van der Waals surface area contributed by atoms with Crippen molar-refractivity contribution in [2.24, 2.45) is 0 Å². The SMILES string of the molecule is CCCCN(CCCO)c1ccc(N)c(C)c1. The van der Waals surface area contributed by atoms with Crippen LogP contribution in [0.2, 0.25) is 0 Å². The number of nitrogen functional groups attached to an aromatic ring is 1. The Balaban J connectivity index is 2.75. The lowest BCUT2D eigenvalue weighted by atomic mass is 10.1. The molecule has 3 N–H and O–H groups in total. The zero-order chi connectivity index (χ0) is 12.7. The van der Waals surface area contributed by atoms with Gasteiger partial charge < -0.3 is 15.7 Å². The van der Waals surface area contributed by atoms with Crippen LogP contribution in [0.25, 0.3) is 0 Å². The van der Waals surface area contributed by atoms with Crippen molar-refractivity contribution < 1.29 is 5.11 Å². The minimum absolute atomic E-state index is 0.247. The fourth-order valence-electron chi connectivity index (χ4n) is 1.84. The van der Waals surface area contributed by atoms with Crippen LogP contribution in [0.5, 0.6) is 0 Å². The highest BCUT2D eigenvalue weighted by Crippen LogP contribution is 2.21. The average molecular weight is 236 g/mol. The minimum atomic E-state index is 0.247. The van der Waals surface area contributed by atoms with E-state index in [0.29, 0.717) is 0 Å². The van der Waals surface area contributed by atoms with Crippen molar-refractivity contribution in [3.05, 3.63) is 23.8 Å². The highest BCUT2D eigenvalue weighted by atomic mass is 16.3. The van der Waals surface area contributed by atoms with Gasteiger partial charge in [0.05, 0.1) is 0 Å². The Hall–Kier alpha value is -1.22. The molecule has 0 unspecified atom stereocenters. The summed E-state index contributed by atoms with van der Waals surface area (Å²) in [5.74, 6) is 0. The molecular formula is C14H24N2O. The summed E-state index contributed by atoms with van der Waals surface area (Å²) in [5, 5.41) is 8.94. The third kappa shape index (κ3) is 4.27. The van der Waals surface area contributed by atoms with Crippen molar-refractivity contribution in [3.8, 4) is 0 Å². The minimum Gasteiger partial charge on any atom is -0.399 e. The summed E-state index contributed by atoms with van der Waals surface area (Å²) < 4.78 is 0. The number of anilines is 2. The van der Waals surface area contributed by atoms with Gasteiger partial charge in [0.15, 0.2) is 0 Å². The number of aliphatic hydroxyl groups excluding tert-OH is 1. The van der Waals surface area contributed by atoms with Crippen molar-refractivity contribution in [1.29, 1.82) is 0 Å². The van der Waals surface area contributed by atoms with Crippen LogP contribution in [0.15, 0.2) is 18.2 Å². The molecule has 0 fully saturated rings. The zero-order valence-corrected chi connectivity index (χ0v) is 10.9. The lowest BCUT2D eigenvalue weighted by molar-refractivity contribution is 0.289. The van der Waals surface area contributed by atoms with E-state index in [1.807, 2.05) is 13.0 Å². The molecule has 0 spiro atoms. The zero-order valence-electron chi connectivity index (χ0n) is 10.9. The van der Waals surface area contributed by atoms with E-state index in [0.717, 1.165) is 30.8 Å². The third-order valence-electron chi connectivity index (χ3n) is 2.99. The Morgan fingerprint density at radius 1 is 1.24 bits per heavy atom. The molecule has 1 rings (SSSR count).